The summed E-state index contributed by atoms with van der Waals surface area (Å²) in [6.07, 6.45) is 1.94. The summed E-state index contributed by atoms with van der Waals surface area (Å²) in [7, 11) is 0. The van der Waals surface area contributed by atoms with Gasteiger partial charge in [0.05, 0.1) is 12.7 Å². The van der Waals surface area contributed by atoms with Crippen LogP contribution in [-0.2, 0) is 17.6 Å². The summed E-state index contributed by atoms with van der Waals surface area (Å²) >= 11 is 12.4. The third-order valence-electron chi connectivity index (χ3n) is 4.00. The summed E-state index contributed by atoms with van der Waals surface area (Å²) < 4.78 is 5.77. The summed E-state index contributed by atoms with van der Waals surface area (Å²) in [6, 6.07) is 14.3. The first kappa shape index (κ1) is 15.8. The van der Waals surface area contributed by atoms with E-state index in [-0.39, 0.29) is 6.10 Å². The van der Waals surface area contributed by atoms with E-state index in [1.807, 2.05) is 18.2 Å². The van der Waals surface area contributed by atoms with Crippen molar-refractivity contribution in [3.8, 4) is 0 Å². The Balaban J connectivity index is 1.64. The maximum Gasteiger partial charge on any atom is 0.0949 e. The lowest BCUT2D eigenvalue weighted by Gasteiger charge is -2.24. The predicted octanol–water partition coefficient (Wildman–Crippen LogP) is 4.44. The van der Waals surface area contributed by atoms with Gasteiger partial charge in [0, 0.05) is 23.1 Å². The molecule has 22 heavy (non-hydrogen) atoms. The lowest BCUT2D eigenvalue weighted by atomic mass is 10.0. The van der Waals surface area contributed by atoms with Crippen molar-refractivity contribution >= 4 is 23.2 Å². The van der Waals surface area contributed by atoms with Crippen molar-refractivity contribution in [3.05, 3.63) is 69.2 Å². The number of rotatable bonds is 4. The van der Waals surface area contributed by atoms with E-state index in [0.29, 0.717) is 0 Å². The van der Waals surface area contributed by atoms with Gasteiger partial charge in [0.15, 0.2) is 0 Å². The molecule has 2 aromatic rings. The van der Waals surface area contributed by atoms with Crippen LogP contribution >= 0.6 is 23.2 Å². The normalized spacial score (nSPS) is 18.4. The zero-order chi connectivity index (χ0) is 15.4. The topological polar surface area (TPSA) is 21.3 Å². The third-order valence-corrected chi connectivity index (χ3v) is 4.71. The lowest BCUT2D eigenvalue weighted by molar-refractivity contribution is 0.0277. The Morgan fingerprint density at radius 1 is 1.00 bits per heavy atom. The Morgan fingerprint density at radius 2 is 1.73 bits per heavy atom. The smallest absolute Gasteiger partial charge is 0.0949 e. The maximum atomic E-state index is 6.21. The average molecular weight is 336 g/mol. The molecule has 2 nitrogen and oxygen atoms in total. The average Bonchev–Trinajstić information content (AvgIpc) is 2.56. The van der Waals surface area contributed by atoms with E-state index in [4.69, 9.17) is 27.9 Å². The van der Waals surface area contributed by atoms with Gasteiger partial charge in [0.2, 0.25) is 0 Å². The molecule has 3 rings (SSSR count). The highest BCUT2D eigenvalue weighted by Crippen LogP contribution is 2.26. The van der Waals surface area contributed by atoms with Crippen molar-refractivity contribution in [2.24, 2.45) is 0 Å². The van der Waals surface area contributed by atoms with Gasteiger partial charge in [-0.1, -0.05) is 53.5 Å². The fourth-order valence-electron chi connectivity index (χ4n) is 2.72. The molecule has 0 aromatic heterocycles. The van der Waals surface area contributed by atoms with E-state index >= 15 is 0 Å². The second-order valence-electron chi connectivity index (χ2n) is 5.51. The van der Waals surface area contributed by atoms with Gasteiger partial charge in [-0.2, -0.15) is 0 Å². The van der Waals surface area contributed by atoms with Crippen molar-refractivity contribution in [1.29, 1.82) is 0 Å². The minimum absolute atomic E-state index is 0.167. The molecule has 4 heteroatoms. The van der Waals surface area contributed by atoms with Gasteiger partial charge >= 0.3 is 0 Å². The predicted molar refractivity (Wildman–Crippen MR) is 91.9 cm³/mol. The van der Waals surface area contributed by atoms with Crippen LogP contribution in [0.5, 0.6) is 0 Å². The lowest BCUT2D eigenvalue weighted by Crippen LogP contribution is -2.33. The van der Waals surface area contributed by atoms with Gasteiger partial charge in [-0.25, -0.2) is 0 Å². The van der Waals surface area contributed by atoms with Gasteiger partial charge in [-0.05, 0) is 41.7 Å². The van der Waals surface area contributed by atoms with Crippen LogP contribution < -0.4 is 5.32 Å². The molecule has 1 N–H and O–H groups in total. The first-order valence-corrected chi connectivity index (χ1v) is 8.33. The Labute approximate surface area is 141 Å². The first-order valence-electron chi connectivity index (χ1n) is 7.58. The van der Waals surface area contributed by atoms with Crippen LogP contribution in [0.4, 0.5) is 0 Å². The van der Waals surface area contributed by atoms with Gasteiger partial charge < -0.3 is 10.1 Å². The van der Waals surface area contributed by atoms with Gasteiger partial charge in [-0.3, -0.25) is 0 Å². The van der Waals surface area contributed by atoms with Crippen LogP contribution in [-0.4, -0.2) is 19.7 Å². The molecule has 1 saturated heterocycles. The van der Waals surface area contributed by atoms with Crippen LogP contribution in [0.3, 0.4) is 0 Å². The van der Waals surface area contributed by atoms with Crippen LogP contribution in [0.1, 0.15) is 22.8 Å². The molecule has 1 atom stereocenters. The van der Waals surface area contributed by atoms with Crippen molar-refractivity contribution in [3.63, 3.8) is 0 Å². The Morgan fingerprint density at radius 3 is 2.36 bits per heavy atom. The second-order valence-corrected chi connectivity index (χ2v) is 6.32. The van der Waals surface area contributed by atoms with Crippen molar-refractivity contribution < 1.29 is 4.74 Å². The first-order chi connectivity index (χ1) is 10.7. The molecule has 0 radical (unpaired) electrons. The Kier molecular flexibility index (Phi) is 5.37. The molecule has 1 aliphatic heterocycles. The number of hydrogen-bond acceptors (Lipinski definition) is 2. The molecule has 0 spiro atoms. The second kappa shape index (κ2) is 7.47. The molecule has 0 unspecified atom stereocenters. The monoisotopic (exact) mass is 335 g/mol. The van der Waals surface area contributed by atoms with E-state index in [2.05, 4.69) is 29.6 Å². The Hall–Kier alpha value is -1.06. The molecule has 1 heterocycles. The highest BCUT2D eigenvalue weighted by atomic mass is 35.5. The minimum Gasteiger partial charge on any atom is -0.371 e. The molecule has 0 bridgehead atoms. The summed E-state index contributed by atoms with van der Waals surface area (Å²) in [5, 5.41) is 4.84. The largest absolute Gasteiger partial charge is 0.371 e. The molecule has 0 amide bonds. The zero-order valence-corrected chi connectivity index (χ0v) is 13.8. The van der Waals surface area contributed by atoms with Crippen molar-refractivity contribution in [2.75, 3.05) is 19.7 Å². The number of ether oxygens (including phenoxy) is 1. The van der Waals surface area contributed by atoms with Gasteiger partial charge in [0.25, 0.3) is 0 Å². The van der Waals surface area contributed by atoms with Crippen LogP contribution in [0.25, 0.3) is 0 Å². The van der Waals surface area contributed by atoms with E-state index in [1.54, 1.807) is 0 Å². The quantitative estimate of drug-likeness (QED) is 0.891. The van der Waals surface area contributed by atoms with E-state index in [9.17, 15) is 0 Å². The fourth-order valence-corrected chi connectivity index (χ4v) is 3.31. The number of nitrogens with one attached hydrogen (secondary N) is 1. The standard InChI is InChI=1S/C18H19Cl2NO/c19-16-2-1-3-17(20)15(16)9-6-13-4-7-14(8-5-13)18-12-21-10-11-22-18/h1-5,7-8,18,21H,6,9-12H2/t18-/m1/s1. The van der Waals surface area contributed by atoms with Gasteiger partial charge in [0.1, 0.15) is 0 Å². The number of morpholine rings is 1. The SMILES string of the molecule is Clc1cccc(Cl)c1CCc1ccc([C@H]2CNCCO2)cc1. The highest BCUT2D eigenvalue weighted by molar-refractivity contribution is 6.35. The number of benzene rings is 2. The fraction of sp³-hybridized carbons (Fsp3) is 0.333. The van der Waals surface area contributed by atoms with Crippen LogP contribution in [0, 0.1) is 0 Å². The number of aryl methyl sites for hydroxylation is 1. The van der Waals surface area contributed by atoms with Crippen LogP contribution in [0.15, 0.2) is 42.5 Å². The molecule has 2 aromatic carbocycles. The van der Waals surface area contributed by atoms with E-state index < -0.39 is 0 Å². The molecule has 116 valence electrons. The summed E-state index contributed by atoms with van der Waals surface area (Å²) in [4.78, 5) is 0. The molecule has 0 saturated carbocycles. The molecule has 0 aliphatic carbocycles. The van der Waals surface area contributed by atoms with E-state index in [0.717, 1.165) is 48.1 Å². The van der Waals surface area contributed by atoms with Crippen LogP contribution in [0.2, 0.25) is 10.0 Å². The summed E-state index contributed by atoms with van der Waals surface area (Å²) in [5.74, 6) is 0. The molecular formula is C18H19Cl2NO. The molecule has 1 fully saturated rings. The number of halogens is 2. The van der Waals surface area contributed by atoms with Crippen molar-refractivity contribution in [1.82, 2.24) is 5.32 Å². The summed E-state index contributed by atoms with van der Waals surface area (Å²) in [6.45, 7) is 2.60. The molecule has 1 aliphatic rings. The summed E-state index contributed by atoms with van der Waals surface area (Å²) in [5.41, 5.74) is 3.53. The Bertz CT molecular complexity index is 601. The molecular weight excluding hydrogens is 317 g/mol. The zero-order valence-electron chi connectivity index (χ0n) is 12.3. The third kappa shape index (κ3) is 3.82. The highest BCUT2D eigenvalue weighted by Gasteiger charge is 2.15. The maximum absolute atomic E-state index is 6.21. The minimum atomic E-state index is 0.167. The number of hydrogen-bond donors (Lipinski definition) is 1. The van der Waals surface area contributed by atoms with E-state index in [1.165, 1.54) is 11.1 Å². The van der Waals surface area contributed by atoms with Gasteiger partial charge in [-0.15, -0.1) is 0 Å². The van der Waals surface area contributed by atoms with Crippen molar-refractivity contribution in [2.45, 2.75) is 18.9 Å².